The van der Waals surface area contributed by atoms with Crippen molar-refractivity contribution in [1.82, 2.24) is 15.0 Å². The van der Waals surface area contributed by atoms with E-state index < -0.39 is 28.3 Å². The van der Waals surface area contributed by atoms with E-state index in [-0.39, 0.29) is 23.8 Å². The Morgan fingerprint density at radius 2 is 1.84 bits per heavy atom. The van der Waals surface area contributed by atoms with E-state index in [1.165, 1.54) is 12.1 Å². The molecule has 0 saturated heterocycles. The number of carbonyl (C=O) groups is 1. The van der Waals surface area contributed by atoms with Crippen LogP contribution in [0.15, 0.2) is 65.8 Å². The smallest absolute Gasteiger partial charge is 0.241 e. The molecule has 0 fully saturated rings. The number of aliphatic hydroxyl groups excluding tert-OH is 1. The van der Waals surface area contributed by atoms with Gasteiger partial charge in [0.15, 0.2) is 0 Å². The molecule has 8 nitrogen and oxygen atoms in total. The van der Waals surface area contributed by atoms with Crippen LogP contribution in [0.25, 0.3) is 0 Å². The van der Waals surface area contributed by atoms with Crippen LogP contribution in [0.1, 0.15) is 17.5 Å². The summed E-state index contributed by atoms with van der Waals surface area (Å²) in [4.78, 5) is 16.3. The van der Waals surface area contributed by atoms with Crippen molar-refractivity contribution < 1.29 is 23.1 Å². The molecule has 31 heavy (non-hydrogen) atoms. The van der Waals surface area contributed by atoms with Crippen molar-refractivity contribution in [1.29, 1.82) is 0 Å². The number of aliphatic hydroxyl groups is 1. The molecule has 2 aromatic rings. The van der Waals surface area contributed by atoms with Crippen LogP contribution in [-0.4, -0.2) is 55.8 Å². The monoisotopic (exact) mass is 445 g/mol. The van der Waals surface area contributed by atoms with E-state index in [0.717, 1.165) is 11.1 Å². The number of sulfonamides is 1. The van der Waals surface area contributed by atoms with Crippen molar-refractivity contribution in [3.8, 4) is 0 Å². The fourth-order valence-corrected chi connectivity index (χ4v) is 4.44. The highest BCUT2D eigenvalue weighted by Gasteiger charge is 2.31. The summed E-state index contributed by atoms with van der Waals surface area (Å²) in [7, 11) is -3.77. The Kier molecular flexibility index (Phi) is 7.91. The van der Waals surface area contributed by atoms with Gasteiger partial charge < -0.3 is 15.2 Å². The van der Waals surface area contributed by atoms with Crippen LogP contribution in [0.2, 0.25) is 0 Å². The summed E-state index contributed by atoms with van der Waals surface area (Å²) in [5, 5.41) is 12.5. The molecule has 0 saturated carbocycles. The largest absolute Gasteiger partial charge is 0.394 e. The summed E-state index contributed by atoms with van der Waals surface area (Å²) in [6.45, 7) is 1.98. The fraction of sp³-hybridized carbons (Fsp3) is 0.364. The second-order valence-electron chi connectivity index (χ2n) is 7.40. The highest BCUT2D eigenvalue weighted by molar-refractivity contribution is 7.89. The van der Waals surface area contributed by atoms with Gasteiger partial charge in [-0.2, -0.15) is 0 Å². The number of nitrogens with one attached hydrogen (secondary N) is 2. The molecule has 3 N–H and O–H groups in total. The minimum Gasteiger partial charge on any atom is -0.394 e. The minimum absolute atomic E-state index is 0.0841. The maximum absolute atomic E-state index is 12.6. The van der Waals surface area contributed by atoms with E-state index in [9.17, 15) is 18.3 Å². The SMILES string of the molecule is Cc1ccc(S(=O)(=O)N[C@H]2C=C[C@@H](CC(=O)NCCc3ccncc3)O[C@H]2CO)cc1. The number of nitrogens with zero attached hydrogens (tertiary/aromatic N) is 1. The molecule has 0 spiro atoms. The van der Waals surface area contributed by atoms with Gasteiger partial charge in [0, 0.05) is 18.9 Å². The number of benzene rings is 1. The number of aryl methyl sites for hydroxylation is 1. The van der Waals surface area contributed by atoms with Gasteiger partial charge in [-0.3, -0.25) is 9.78 Å². The molecular formula is C22H27N3O5S. The number of hydrogen-bond donors (Lipinski definition) is 3. The van der Waals surface area contributed by atoms with Crippen LogP contribution >= 0.6 is 0 Å². The third-order valence-corrected chi connectivity index (χ3v) is 6.43. The molecule has 3 atom stereocenters. The van der Waals surface area contributed by atoms with Gasteiger partial charge in [0.25, 0.3) is 0 Å². The average Bonchev–Trinajstić information content (AvgIpc) is 2.75. The average molecular weight is 446 g/mol. The fourth-order valence-electron chi connectivity index (χ4n) is 3.23. The molecule has 166 valence electrons. The Balaban J connectivity index is 1.53. The van der Waals surface area contributed by atoms with Crippen molar-refractivity contribution in [2.24, 2.45) is 0 Å². The molecule has 1 aliphatic heterocycles. The lowest BCUT2D eigenvalue weighted by atomic mass is 10.1. The topological polar surface area (TPSA) is 118 Å². The van der Waals surface area contributed by atoms with Gasteiger partial charge in [0.1, 0.15) is 6.10 Å². The summed E-state index contributed by atoms with van der Waals surface area (Å²) >= 11 is 0. The van der Waals surface area contributed by atoms with Gasteiger partial charge in [0.2, 0.25) is 15.9 Å². The molecule has 1 aromatic carbocycles. The maximum atomic E-state index is 12.6. The van der Waals surface area contributed by atoms with E-state index in [4.69, 9.17) is 4.74 Å². The number of aromatic nitrogens is 1. The molecule has 3 rings (SSSR count). The molecule has 0 unspecified atom stereocenters. The Labute approximate surface area is 182 Å². The first-order chi connectivity index (χ1) is 14.9. The molecule has 0 bridgehead atoms. The molecule has 1 amide bonds. The quantitative estimate of drug-likeness (QED) is 0.498. The van der Waals surface area contributed by atoms with Crippen molar-refractivity contribution in [3.63, 3.8) is 0 Å². The number of ether oxygens (including phenoxy) is 1. The highest BCUT2D eigenvalue weighted by Crippen LogP contribution is 2.18. The number of hydrogen-bond acceptors (Lipinski definition) is 6. The van der Waals surface area contributed by atoms with Gasteiger partial charge in [-0.05, 0) is 43.2 Å². The van der Waals surface area contributed by atoms with Gasteiger partial charge in [-0.25, -0.2) is 13.1 Å². The first-order valence-corrected chi connectivity index (χ1v) is 11.5. The zero-order chi connectivity index (χ0) is 22.3. The third-order valence-electron chi connectivity index (χ3n) is 4.96. The predicted octanol–water partition coefficient (Wildman–Crippen LogP) is 1.10. The first-order valence-electron chi connectivity index (χ1n) is 10.1. The van der Waals surface area contributed by atoms with Crippen LogP contribution in [0.5, 0.6) is 0 Å². The Morgan fingerprint density at radius 1 is 1.13 bits per heavy atom. The van der Waals surface area contributed by atoms with Crippen molar-refractivity contribution in [3.05, 3.63) is 72.1 Å². The van der Waals surface area contributed by atoms with Crippen LogP contribution in [0.4, 0.5) is 0 Å². The lowest BCUT2D eigenvalue weighted by molar-refractivity contribution is -0.125. The lowest BCUT2D eigenvalue weighted by Crippen LogP contribution is -2.49. The van der Waals surface area contributed by atoms with E-state index in [1.807, 2.05) is 19.1 Å². The van der Waals surface area contributed by atoms with Crippen LogP contribution in [0, 0.1) is 6.92 Å². The molecule has 2 heterocycles. The summed E-state index contributed by atoms with van der Waals surface area (Å²) < 4.78 is 33.5. The van der Waals surface area contributed by atoms with Gasteiger partial charge in [0.05, 0.1) is 30.1 Å². The third kappa shape index (κ3) is 6.70. The Hall–Kier alpha value is -2.59. The van der Waals surface area contributed by atoms with E-state index in [2.05, 4.69) is 15.0 Å². The number of amides is 1. The molecule has 0 aliphatic carbocycles. The second-order valence-corrected chi connectivity index (χ2v) is 9.11. The highest BCUT2D eigenvalue weighted by atomic mass is 32.2. The van der Waals surface area contributed by atoms with Crippen LogP contribution < -0.4 is 10.0 Å². The number of rotatable bonds is 9. The zero-order valence-electron chi connectivity index (χ0n) is 17.3. The lowest BCUT2D eigenvalue weighted by Gasteiger charge is -2.31. The zero-order valence-corrected chi connectivity index (χ0v) is 18.1. The maximum Gasteiger partial charge on any atom is 0.241 e. The van der Waals surface area contributed by atoms with Crippen molar-refractivity contribution >= 4 is 15.9 Å². The summed E-state index contributed by atoms with van der Waals surface area (Å²) in [5.41, 5.74) is 2.03. The molecular weight excluding hydrogens is 418 g/mol. The molecule has 1 aliphatic rings. The minimum atomic E-state index is -3.77. The predicted molar refractivity (Wildman–Crippen MR) is 116 cm³/mol. The number of pyridine rings is 1. The van der Waals surface area contributed by atoms with E-state index in [0.29, 0.717) is 13.0 Å². The molecule has 0 radical (unpaired) electrons. The van der Waals surface area contributed by atoms with Crippen molar-refractivity contribution in [2.75, 3.05) is 13.2 Å². The normalized spacial score (nSPS) is 21.0. The van der Waals surface area contributed by atoms with E-state index in [1.54, 1.807) is 36.7 Å². The Bertz CT molecular complexity index is 994. The standard InChI is InChI=1S/C22H27N3O5S/c1-16-2-5-19(6-3-16)31(28,29)25-20-7-4-18(30-21(20)15-26)14-22(27)24-13-10-17-8-11-23-12-9-17/h2-9,11-12,18,20-21,25-26H,10,13-15H2,1H3,(H,24,27)/t18-,20-,21-/m0/s1. The second kappa shape index (κ2) is 10.6. The van der Waals surface area contributed by atoms with Crippen LogP contribution in [-0.2, 0) is 26.0 Å². The van der Waals surface area contributed by atoms with Gasteiger partial charge >= 0.3 is 0 Å². The summed E-state index contributed by atoms with van der Waals surface area (Å²) in [6.07, 6.45) is 6.13. The first kappa shape index (κ1) is 23.1. The summed E-state index contributed by atoms with van der Waals surface area (Å²) in [5.74, 6) is -0.181. The van der Waals surface area contributed by atoms with Crippen molar-refractivity contribution in [2.45, 2.75) is 42.9 Å². The van der Waals surface area contributed by atoms with Gasteiger partial charge in [-0.1, -0.05) is 29.8 Å². The molecule has 9 heteroatoms. The van der Waals surface area contributed by atoms with Crippen LogP contribution in [0.3, 0.4) is 0 Å². The summed E-state index contributed by atoms with van der Waals surface area (Å²) in [6, 6.07) is 9.53. The van der Waals surface area contributed by atoms with Gasteiger partial charge in [-0.15, -0.1) is 0 Å². The Morgan fingerprint density at radius 3 is 2.52 bits per heavy atom. The number of carbonyl (C=O) groups excluding carboxylic acids is 1. The molecule has 1 aromatic heterocycles. The van der Waals surface area contributed by atoms with E-state index >= 15 is 0 Å².